The molecule has 23 heavy (non-hydrogen) atoms. The maximum Gasteiger partial charge on any atom is 0.265 e. The molecule has 0 aliphatic heterocycles. The Morgan fingerprint density at radius 3 is 2.83 bits per heavy atom. The lowest BCUT2D eigenvalue weighted by Gasteiger charge is -2.19. The molecule has 0 amide bonds. The van der Waals surface area contributed by atoms with E-state index in [2.05, 4.69) is 4.98 Å². The zero-order valence-corrected chi connectivity index (χ0v) is 13.8. The molecule has 0 aliphatic rings. The Hall–Kier alpha value is -1.85. The van der Waals surface area contributed by atoms with Crippen molar-refractivity contribution in [3.63, 3.8) is 0 Å². The van der Waals surface area contributed by atoms with Crippen LogP contribution in [0.5, 0.6) is 5.75 Å². The van der Waals surface area contributed by atoms with Crippen LogP contribution in [0.2, 0.25) is 5.02 Å². The molecule has 120 valence electrons. The molecule has 0 saturated heterocycles. The number of rotatable bonds is 6. The maximum absolute atomic E-state index is 13.4. The summed E-state index contributed by atoms with van der Waals surface area (Å²) < 4.78 is 32.6. The van der Waals surface area contributed by atoms with Crippen molar-refractivity contribution >= 4 is 23.0 Å². The van der Waals surface area contributed by atoms with Crippen LogP contribution >= 0.6 is 11.6 Å². The van der Waals surface area contributed by atoms with E-state index in [1.54, 1.807) is 29.6 Å². The maximum atomic E-state index is 13.4. The number of benzene rings is 1. The summed E-state index contributed by atoms with van der Waals surface area (Å²) in [6, 6.07) is 8.96. The normalized spacial score (nSPS) is 12.0. The van der Waals surface area contributed by atoms with Gasteiger partial charge >= 0.3 is 0 Å². The van der Waals surface area contributed by atoms with E-state index in [0.717, 1.165) is 6.07 Å². The summed E-state index contributed by atoms with van der Waals surface area (Å²) >= 11 is 4.30. The molecule has 0 saturated carbocycles. The summed E-state index contributed by atoms with van der Waals surface area (Å²) in [6.07, 6.45) is 1.43. The molecule has 0 N–H and O–H groups in total. The number of ether oxygens (including phenoxy) is 1. The Bertz CT molecular complexity index is 709. The molecule has 0 radical (unpaired) electrons. The van der Waals surface area contributed by atoms with E-state index in [-0.39, 0.29) is 12.2 Å². The number of halogens is 2. The predicted molar refractivity (Wildman–Crippen MR) is 84.9 cm³/mol. The molecule has 0 fully saturated rings. The first-order valence-corrected chi connectivity index (χ1v) is 8.07. The van der Waals surface area contributed by atoms with Gasteiger partial charge in [-0.15, -0.1) is 4.31 Å². The summed E-state index contributed by atoms with van der Waals surface area (Å²) in [5.41, 5.74) is -0.0376. The molecular formula is C15H13ClFN3O2S. The second-order valence-corrected chi connectivity index (χ2v) is 6.49. The van der Waals surface area contributed by atoms with Gasteiger partial charge in [0.15, 0.2) is 0 Å². The minimum Gasteiger partial charge on any atom is -0.592 e. The Morgan fingerprint density at radius 1 is 1.43 bits per heavy atom. The average molecular weight is 354 g/mol. The van der Waals surface area contributed by atoms with Gasteiger partial charge in [0, 0.05) is 19.2 Å². The lowest BCUT2D eigenvalue weighted by Crippen LogP contribution is -2.31. The molecule has 0 aliphatic carbocycles. The van der Waals surface area contributed by atoms with Crippen LogP contribution in [-0.2, 0) is 11.4 Å². The van der Waals surface area contributed by atoms with Crippen LogP contribution in [0.4, 0.5) is 4.39 Å². The molecule has 0 spiro atoms. The highest BCUT2D eigenvalue weighted by Crippen LogP contribution is 2.17. The van der Waals surface area contributed by atoms with Gasteiger partial charge in [0.1, 0.15) is 35.6 Å². The monoisotopic (exact) mass is 353 g/mol. The molecular weight excluding hydrogens is 341 g/mol. The largest absolute Gasteiger partial charge is 0.592 e. The van der Waals surface area contributed by atoms with E-state index in [0.29, 0.717) is 22.3 Å². The lowest BCUT2D eigenvalue weighted by atomic mass is 10.2. The first kappa shape index (κ1) is 17.5. The number of hydrogen-bond donors (Lipinski definition) is 0. The molecule has 1 unspecified atom stereocenters. The van der Waals surface area contributed by atoms with Gasteiger partial charge in [-0.2, -0.15) is 5.26 Å². The molecule has 2 aromatic rings. The molecule has 5 nitrogen and oxygen atoms in total. The molecule has 2 rings (SSSR count). The number of pyridine rings is 1. The summed E-state index contributed by atoms with van der Waals surface area (Å²) in [6.45, 7) is 0.555. The second-order valence-electron chi connectivity index (χ2n) is 4.52. The standard InChI is InChI=1S/C15H13ClFN3O2S/c1-20(23(21)15-5-3-12(16)10-19-15)6-7-22-13-4-2-11(9-18)14(17)8-13/h2-5,8,10H,6-7H2,1H3. The van der Waals surface area contributed by atoms with E-state index in [4.69, 9.17) is 21.6 Å². The van der Waals surface area contributed by atoms with Crippen LogP contribution in [0.15, 0.2) is 41.6 Å². The minimum atomic E-state index is -1.44. The van der Waals surface area contributed by atoms with Gasteiger partial charge in [-0.05, 0) is 18.2 Å². The van der Waals surface area contributed by atoms with Crippen molar-refractivity contribution < 1.29 is 13.7 Å². The SMILES string of the molecule is CN(CCOc1ccc(C#N)c(F)c1)[S+]([O-])c1ccc(Cl)cn1. The van der Waals surface area contributed by atoms with E-state index < -0.39 is 17.2 Å². The summed E-state index contributed by atoms with van der Waals surface area (Å²) in [5, 5.41) is 9.52. The van der Waals surface area contributed by atoms with Crippen LogP contribution in [0.25, 0.3) is 0 Å². The van der Waals surface area contributed by atoms with Crippen molar-refractivity contribution in [1.29, 1.82) is 5.26 Å². The Kier molecular flexibility index (Phi) is 6.19. The Morgan fingerprint density at radius 2 is 2.22 bits per heavy atom. The number of hydrogen-bond acceptors (Lipinski definition) is 5. The van der Waals surface area contributed by atoms with E-state index in [1.807, 2.05) is 0 Å². The lowest BCUT2D eigenvalue weighted by molar-refractivity contribution is 0.285. The average Bonchev–Trinajstić information content (AvgIpc) is 2.55. The third kappa shape index (κ3) is 4.81. The second kappa shape index (κ2) is 8.13. The van der Waals surface area contributed by atoms with Crippen LogP contribution in [0, 0.1) is 17.1 Å². The quantitative estimate of drug-likeness (QED) is 0.747. The fourth-order valence-electron chi connectivity index (χ4n) is 1.68. The number of likely N-dealkylation sites (N-methyl/N-ethyl adjacent to an activating group) is 1. The first-order chi connectivity index (χ1) is 11.0. The van der Waals surface area contributed by atoms with Crippen LogP contribution in [0.1, 0.15) is 5.56 Å². The molecule has 8 heteroatoms. The van der Waals surface area contributed by atoms with Crippen molar-refractivity contribution in [3.05, 3.63) is 52.9 Å². The van der Waals surface area contributed by atoms with Gasteiger partial charge in [-0.25, -0.2) is 9.37 Å². The van der Waals surface area contributed by atoms with Gasteiger partial charge < -0.3 is 9.29 Å². The minimum absolute atomic E-state index is 0.0376. The molecule has 1 aromatic heterocycles. The topological polar surface area (TPSA) is 72.2 Å². The Balaban J connectivity index is 1.87. The number of aromatic nitrogens is 1. The van der Waals surface area contributed by atoms with E-state index >= 15 is 0 Å². The van der Waals surface area contributed by atoms with Crippen molar-refractivity contribution in [2.75, 3.05) is 20.2 Å². The predicted octanol–water partition coefficient (Wildman–Crippen LogP) is 2.78. The third-order valence-electron chi connectivity index (χ3n) is 2.90. The fraction of sp³-hybridized carbons (Fsp3) is 0.200. The molecule has 1 heterocycles. The van der Waals surface area contributed by atoms with Gasteiger partial charge in [-0.1, -0.05) is 11.6 Å². The van der Waals surface area contributed by atoms with Gasteiger partial charge in [0.2, 0.25) is 0 Å². The highest BCUT2D eigenvalue weighted by molar-refractivity contribution is 7.89. The van der Waals surface area contributed by atoms with Gasteiger partial charge in [0.25, 0.3) is 5.03 Å². The van der Waals surface area contributed by atoms with Crippen molar-refractivity contribution in [2.45, 2.75) is 5.03 Å². The van der Waals surface area contributed by atoms with Crippen molar-refractivity contribution in [2.24, 2.45) is 0 Å². The highest BCUT2D eigenvalue weighted by atomic mass is 35.5. The van der Waals surface area contributed by atoms with E-state index in [1.165, 1.54) is 18.3 Å². The molecule has 0 bridgehead atoms. The van der Waals surface area contributed by atoms with Gasteiger partial charge in [-0.3, -0.25) is 0 Å². The molecule has 1 atom stereocenters. The Labute approximate surface area is 141 Å². The van der Waals surface area contributed by atoms with Crippen molar-refractivity contribution in [1.82, 2.24) is 9.29 Å². The third-order valence-corrected chi connectivity index (χ3v) is 4.47. The number of nitriles is 1. The van der Waals surface area contributed by atoms with Crippen LogP contribution in [0.3, 0.4) is 0 Å². The van der Waals surface area contributed by atoms with Crippen LogP contribution < -0.4 is 4.74 Å². The fourth-order valence-corrected chi connectivity index (χ4v) is 2.68. The highest BCUT2D eigenvalue weighted by Gasteiger charge is 2.19. The summed E-state index contributed by atoms with van der Waals surface area (Å²) in [7, 11) is 1.66. The smallest absolute Gasteiger partial charge is 0.265 e. The first-order valence-electron chi connectivity index (χ1n) is 6.58. The molecule has 1 aromatic carbocycles. The van der Waals surface area contributed by atoms with Crippen molar-refractivity contribution in [3.8, 4) is 11.8 Å². The zero-order valence-electron chi connectivity index (χ0n) is 12.2. The summed E-state index contributed by atoms with van der Waals surface area (Å²) in [4.78, 5) is 4.00. The summed E-state index contributed by atoms with van der Waals surface area (Å²) in [5.74, 6) is -0.322. The van der Waals surface area contributed by atoms with Crippen LogP contribution in [-0.4, -0.2) is 34.0 Å². The van der Waals surface area contributed by atoms with E-state index in [9.17, 15) is 8.94 Å². The number of nitrogens with zero attached hydrogens (tertiary/aromatic N) is 3. The zero-order chi connectivity index (χ0) is 16.8. The van der Waals surface area contributed by atoms with Gasteiger partial charge in [0.05, 0.1) is 23.3 Å².